The summed E-state index contributed by atoms with van der Waals surface area (Å²) in [5.41, 5.74) is 6.69. The lowest BCUT2D eigenvalue weighted by Gasteiger charge is -2.24. The maximum absolute atomic E-state index is 13.7. The summed E-state index contributed by atoms with van der Waals surface area (Å²) in [5.74, 6) is -0.353. The van der Waals surface area contributed by atoms with Crippen LogP contribution in [0.15, 0.2) is 84.9 Å². The first-order valence-corrected chi connectivity index (χ1v) is 12.3. The number of hydrogen-bond donors (Lipinski definition) is 3. The fourth-order valence-electron chi connectivity index (χ4n) is 4.67. The summed E-state index contributed by atoms with van der Waals surface area (Å²) in [6.45, 7) is 2.24. The van der Waals surface area contributed by atoms with Crippen LogP contribution in [-0.4, -0.2) is 23.3 Å². The van der Waals surface area contributed by atoms with Gasteiger partial charge in [-0.15, -0.1) is 0 Å². The highest BCUT2D eigenvalue weighted by Gasteiger charge is 2.34. The van der Waals surface area contributed by atoms with Gasteiger partial charge < -0.3 is 15.7 Å². The van der Waals surface area contributed by atoms with Gasteiger partial charge in [0.15, 0.2) is 11.6 Å². The number of aliphatic hydroxyl groups is 1. The van der Waals surface area contributed by atoms with Crippen LogP contribution in [0.4, 0.5) is 22.7 Å². The van der Waals surface area contributed by atoms with Crippen LogP contribution >= 0.6 is 0 Å². The van der Waals surface area contributed by atoms with Crippen molar-refractivity contribution < 1.29 is 14.7 Å². The third-order valence-corrected chi connectivity index (χ3v) is 6.48. The molecule has 180 valence electrons. The zero-order valence-corrected chi connectivity index (χ0v) is 20.2. The molecule has 4 aromatic rings. The van der Waals surface area contributed by atoms with E-state index in [-0.39, 0.29) is 18.2 Å². The molecule has 0 aliphatic heterocycles. The molecule has 5 nitrogen and oxygen atoms in total. The lowest BCUT2D eigenvalue weighted by atomic mass is 9.82. The number of carbonyl (C=O) groups is 2. The van der Waals surface area contributed by atoms with Crippen LogP contribution in [0.5, 0.6) is 0 Å². The molecule has 3 N–H and O–H groups in total. The molecular weight excluding hydrogens is 448 g/mol. The Balaban J connectivity index is 1.56. The van der Waals surface area contributed by atoms with Gasteiger partial charge in [0.1, 0.15) is 0 Å². The number of aliphatic hydroxyl groups excluding tert-OH is 1. The molecule has 36 heavy (non-hydrogen) atoms. The standard InChI is InChI=1S/C31H28N2O3/c1-2-5-20-8-12-22(13-9-20)32-26-16-17-27(33-23-14-10-21(11-15-23)18-19-34)29-28(26)30(35)24-6-3-4-7-25(24)31(29)36/h3-4,6-17,32-34H,2,5,18-19H2,1H3. The van der Waals surface area contributed by atoms with Crippen LogP contribution in [0, 0.1) is 0 Å². The third-order valence-electron chi connectivity index (χ3n) is 6.48. The van der Waals surface area contributed by atoms with Crippen LogP contribution < -0.4 is 10.6 Å². The molecule has 0 unspecified atom stereocenters. The van der Waals surface area contributed by atoms with Gasteiger partial charge in [0.25, 0.3) is 0 Å². The number of carbonyl (C=O) groups excluding carboxylic acids is 2. The first-order valence-electron chi connectivity index (χ1n) is 12.3. The Morgan fingerprint density at radius 2 is 1.06 bits per heavy atom. The molecule has 0 saturated heterocycles. The Bertz CT molecular complexity index is 1310. The molecule has 1 aliphatic carbocycles. The highest BCUT2D eigenvalue weighted by Crippen LogP contribution is 2.38. The number of hydrogen-bond acceptors (Lipinski definition) is 5. The lowest BCUT2D eigenvalue weighted by Crippen LogP contribution is -2.23. The SMILES string of the molecule is CCCc1ccc(Nc2ccc(Nc3ccc(CCO)cc3)c3c2C(=O)c2ccccc2C3=O)cc1. The van der Waals surface area contributed by atoms with E-state index < -0.39 is 0 Å². The normalized spacial score (nSPS) is 12.2. The number of fused-ring (bicyclic) bond motifs is 2. The van der Waals surface area contributed by atoms with E-state index in [4.69, 9.17) is 5.11 Å². The first kappa shape index (κ1) is 23.5. The van der Waals surface area contributed by atoms with Crippen molar-refractivity contribution in [1.29, 1.82) is 0 Å². The van der Waals surface area contributed by atoms with E-state index in [0.717, 1.165) is 29.8 Å². The molecule has 0 aromatic heterocycles. The highest BCUT2D eigenvalue weighted by atomic mass is 16.3. The van der Waals surface area contributed by atoms with Crippen LogP contribution in [0.1, 0.15) is 56.3 Å². The zero-order valence-electron chi connectivity index (χ0n) is 20.2. The van der Waals surface area contributed by atoms with Gasteiger partial charge in [0.05, 0.1) is 22.5 Å². The average molecular weight is 477 g/mol. The summed E-state index contributed by atoms with van der Waals surface area (Å²) in [6.07, 6.45) is 2.68. The molecule has 0 amide bonds. The number of anilines is 4. The molecule has 5 rings (SSSR count). The van der Waals surface area contributed by atoms with Crippen molar-refractivity contribution in [3.05, 3.63) is 118 Å². The Labute approximate surface area is 210 Å². The minimum atomic E-state index is -0.179. The minimum Gasteiger partial charge on any atom is -0.396 e. The fourth-order valence-corrected chi connectivity index (χ4v) is 4.67. The number of aryl methyl sites for hydroxylation is 1. The average Bonchev–Trinajstić information content (AvgIpc) is 2.90. The van der Waals surface area contributed by atoms with Gasteiger partial charge >= 0.3 is 0 Å². The largest absolute Gasteiger partial charge is 0.396 e. The second-order valence-electron chi connectivity index (χ2n) is 8.98. The van der Waals surface area contributed by atoms with Crippen molar-refractivity contribution in [2.45, 2.75) is 26.2 Å². The Morgan fingerprint density at radius 3 is 1.47 bits per heavy atom. The molecule has 0 heterocycles. The molecule has 0 spiro atoms. The van der Waals surface area contributed by atoms with Crippen molar-refractivity contribution in [1.82, 2.24) is 0 Å². The molecule has 0 bridgehead atoms. The molecule has 5 heteroatoms. The summed E-state index contributed by atoms with van der Waals surface area (Å²) in [5, 5.41) is 15.9. The van der Waals surface area contributed by atoms with Crippen LogP contribution in [0.3, 0.4) is 0 Å². The molecule has 0 atom stereocenters. The van der Waals surface area contributed by atoms with Crippen LogP contribution in [0.25, 0.3) is 0 Å². The quantitative estimate of drug-likeness (QED) is 0.240. The zero-order chi connectivity index (χ0) is 25.1. The molecule has 0 fully saturated rings. The number of benzene rings is 4. The monoisotopic (exact) mass is 476 g/mol. The van der Waals surface area contributed by atoms with E-state index in [1.807, 2.05) is 48.5 Å². The molecular formula is C31H28N2O3. The van der Waals surface area contributed by atoms with E-state index in [2.05, 4.69) is 29.7 Å². The van der Waals surface area contributed by atoms with E-state index in [1.54, 1.807) is 24.3 Å². The van der Waals surface area contributed by atoms with Gasteiger partial charge in [-0.25, -0.2) is 0 Å². The number of nitrogens with one attached hydrogen (secondary N) is 2. The summed E-state index contributed by atoms with van der Waals surface area (Å²) in [4.78, 5) is 27.4. The topological polar surface area (TPSA) is 78.4 Å². The van der Waals surface area contributed by atoms with Crippen molar-refractivity contribution in [3.63, 3.8) is 0 Å². The van der Waals surface area contributed by atoms with Crippen LogP contribution in [-0.2, 0) is 12.8 Å². The maximum atomic E-state index is 13.7. The van der Waals surface area contributed by atoms with Gasteiger partial charge in [0.2, 0.25) is 0 Å². The first-order chi connectivity index (χ1) is 17.6. The molecule has 0 radical (unpaired) electrons. The van der Waals surface area contributed by atoms with Gasteiger partial charge in [-0.05, 0) is 60.4 Å². The van der Waals surface area contributed by atoms with Gasteiger partial charge in [-0.1, -0.05) is 61.9 Å². The minimum absolute atomic E-state index is 0.0894. The van der Waals surface area contributed by atoms with E-state index in [0.29, 0.717) is 40.0 Å². The third kappa shape index (κ3) is 4.53. The fraction of sp³-hybridized carbons (Fsp3) is 0.161. The smallest absolute Gasteiger partial charge is 0.196 e. The molecule has 1 aliphatic rings. The van der Waals surface area contributed by atoms with E-state index >= 15 is 0 Å². The summed E-state index contributed by atoms with van der Waals surface area (Å²) in [7, 11) is 0. The van der Waals surface area contributed by atoms with E-state index in [9.17, 15) is 9.59 Å². The Morgan fingerprint density at radius 1 is 0.611 bits per heavy atom. The Hall–Kier alpha value is -4.22. The molecule has 0 saturated carbocycles. The van der Waals surface area contributed by atoms with Gasteiger partial charge in [0, 0.05) is 29.1 Å². The summed E-state index contributed by atoms with van der Waals surface area (Å²) >= 11 is 0. The van der Waals surface area contributed by atoms with Crippen molar-refractivity contribution in [2.75, 3.05) is 17.2 Å². The second-order valence-corrected chi connectivity index (χ2v) is 8.98. The van der Waals surface area contributed by atoms with Crippen molar-refractivity contribution in [2.24, 2.45) is 0 Å². The molecule has 4 aromatic carbocycles. The number of ketones is 2. The van der Waals surface area contributed by atoms with Crippen molar-refractivity contribution >= 4 is 34.3 Å². The van der Waals surface area contributed by atoms with Gasteiger partial charge in [-0.3, -0.25) is 9.59 Å². The summed E-state index contributed by atoms with van der Waals surface area (Å²) in [6, 6.07) is 26.5. The predicted octanol–water partition coefficient (Wildman–Crippen LogP) is 6.44. The Kier molecular flexibility index (Phi) is 6.65. The number of rotatable bonds is 8. The highest BCUT2D eigenvalue weighted by molar-refractivity contribution is 6.32. The summed E-state index contributed by atoms with van der Waals surface area (Å²) < 4.78 is 0. The van der Waals surface area contributed by atoms with Crippen molar-refractivity contribution in [3.8, 4) is 0 Å². The van der Waals surface area contributed by atoms with E-state index in [1.165, 1.54) is 5.56 Å². The maximum Gasteiger partial charge on any atom is 0.196 e. The predicted molar refractivity (Wildman–Crippen MR) is 144 cm³/mol. The second kappa shape index (κ2) is 10.2. The lowest BCUT2D eigenvalue weighted by molar-refractivity contribution is 0.0980. The van der Waals surface area contributed by atoms with Gasteiger partial charge in [-0.2, -0.15) is 0 Å². The van der Waals surface area contributed by atoms with Crippen LogP contribution in [0.2, 0.25) is 0 Å².